The van der Waals surface area contributed by atoms with E-state index in [1.54, 1.807) is 13.3 Å². The quantitative estimate of drug-likeness (QED) is 0.691. The highest BCUT2D eigenvalue weighted by molar-refractivity contribution is 5.59. The fraction of sp³-hybridized carbons (Fsp3) is 0.211. The number of anilines is 4. The van der Waals surface area contributed by atoms with E-state index in [1.807, 2.05) is 36.4 Å². The average molecular weight is 335 g/mol. The minimum absolute atomic E-state index is 0.414. The van der Waals surface area contributed by atoms with Crippen molar-refractivity contribution in [3.8, 4) is 5.75 Å². The molecule has 0 radical (unpaired) electrons. The number of rotatable bonds is 6. The van der Waals surface area contributed by atoms with Gasteiger partial charge in [-0.3, -0.25) is 0 Å². The van der Waals surface area contributed by atoms with Crippen LogP contribution in [0.2, 0.25) is 0 Å². The Labute approximate surface area is 147 Å². The Hall–Kier alpha value is -3.15. The zero-order valence-electron chi connectivity index (χ0n) is 14.5. The predicted octanol–water partition coefficient (Wildman–Crippen LogP) is 4.49. The third-order valence-electron chi connectivity index (χ3n) is 3.73. The maximum atomic E-state index is 5.21. The summed E-state index contributed by atoms with van der Waals surface area (Å²) in [5.41, 5.74) is 3.09. The van der Waals surface area contributed by atoms with Crippen LogP contribution in [0.5, 0.6) is 5.75 Å². The summed E-state index contributed by atoms with van der Waals surface area (Å²) in [7, 11) is 1.63. The van der Waals surface area contributed by atoms with Crippen molar-refractivity contribution in [3.05, 3.63) is 60.3 Å². The molecule has 1 aromatic heterocycles. The average Bonchev–Trinajstić information content (AvgIpc) is 2.62. The standard InChI is InChI=1S/C19H21N5O/c1-13(2)14-7-9-15(10-8-14)21-18-12-20-24-19(23-18)22-16-5-4-6-17(11-16)25-3/h4-13H,1-3H3,(H2,21,22,23,24). The van der Waals surface area contributed by atoms with E-state index in [0.29, 0.717) is 17.7 Å². The Morgan fingerprint density at radius 3 is 2.48 bits per heavy atom. The molecule has 0 amide bonds. The Kier molecular flexibility index (Phi) is 5.09. The van der Waals surface area contributed by atoms with Crippen molar-refractivity contribution < 1.29 is 4.74 Å². The summed E-state index contributed by atoms with van der Waals surface area (Å²) in [6.45, 7) is 4.35. The van der Waals surface area contributed by atoms with E-state index < -0.39 is 0 Å². The fourth-order valence-electron chi connectivity index (χ4n) is 2.35. The molecule has 3 rings (SSSR count). The van der Waals surface area contributed by atoms with E-state index in [4.69, 9.17) is 4.74 Å². The second kappa shape index (κ2) is 7.61. The van der Waals surface area contributed by atoms with Crippen LogP contribution in [0.1, 0.15) is 25.3 Å². The van der Waals surface area contributed by atoms with E-state index in [2.05, 4.69) is 51.8 Å². The van der Waals surface area contributed by atoms with Crippen LogP contribution in [-0.2, 0) is 0 Å². The first-order chi connectivity index (χ1) is 12.1. The van der Waals surface area contributed by atoms with Crippen LogP contribution in [0, 0.1) is 0 Å². The molecule has 6 heteroatoms. The molecule has 6 nitrogen and oxygen atoms in total. The summed E-state index contributed by atoms with van der Waals surface area (Å²) < 4.78 is 5.21. The van der Waals surface area contributed by atoms with E-state index in [-0.39, 0.29) is 0 Å². The molecule has 0 saturated carbocycles. The van der Waals surface area contributed by atoms with Gasteiger partial charge in [-0.25, -0.2) is 0 Å². The molecule has 2 aromatic carbocycles. The minimum atomic E-state index is 0.414. The highest BCUT2D eigenvalue weighted by Gasteiger charge is 2.04. The second-order valence-electron chi connectivity index (χ2n) is 5.92. The molecule has 1 heterocycles. The van der Waals surface area contributed by atoms with Crippen LogP contribution < -0.4 is 15.4 Å². The van der Waals surface area contributed by atoms with Crippen molar-refractivity contribution in [2.24, 2.45) is 0 Å². The third kappa shape index (κ3) is 4.44. The minimum Gasteiger partial charge on any atom is -0.497 e. The van der Waals surface area contributed by atoms with E-state index in [9.17, 15) is 0 Å². The maximum Gasteiger partial charge on any atom is 0.249 e. The highest BCUT2D eigenvalue weighted by Crippen LogP contribution is 2.21. The second-order valence-corrected chi connectivity index (χ2v) is 5.92. The molecule has 0 fully saturated rings. The molecule has 0 unspecified atom stereocenters. The molecule has 128 valence electrons. The van der Waals surface area contributed by atoms with Crippen LogP contribution in [0.25, 0.3) is 0 Å². The van der Waals surface area contributed by atoms with Gasteiger partial charge >= 0.3 is 0 Å². The smallest absolute Gasteiger partial charge is 0.249 e. The largest absolute Gasteiger partial charge is 0.497 e. The van der Waals surface area contributed by atoms with Crippen molar-refractivity contribution in [2.75, 3.05) is 17.7 Å². The molecule has 3 aromatic rings. The monoisotopic (exact) mass is 335 g/mol. The van der Waals surface area contributed by atoms with Crippen LogP contribution >= 0.6 is 0 Å². The van der Waals surface area contributed by atoms with Crippen molar-refractivity contribution in [3.63, 3.8) is 0 Å². The number of hydrogen-bond donors (Lipinski definition) is 2. The number of aromatic nitrogens is 3. The van der Waals surface area contributed by atoms with E-state index in [0.717, 1.165) is 17.1 Å². The van der Waals surface area contributed by atoms with Crippen LogP contribution in [0.3, 0.4) is 0 Å². The van der Waals surface area contributed by atoms with Gasteiger partial charge in [0.25, 0.3) is 0 Å². The molecular weight excluding hydrogens is 314 g/mol. The van der Waals surface area contributed by atoms with Crippen molar-refractivity contribution in [1.29, 1.82) is 0 Å². The van der Waals surface area contributed by atoms with Crippen LogP contribution in [0.4, 0.5) is 23.1 Å². The van der Waals surface area contributed by atoms with Crippen LogP contribution in [-0.4, -0.2) is 22.3 Å². The topological polar surface area (TPSA) is 72.0 Å². The normalized spacial score (nSPS) is 10.6. The van der Waals surface area contributed by atoms with Gasteiger partial charge in [-0.1, -0.05) is 32.0 Å². The van der Waals surface area contributed by atoms with Gasteiger partial charge < -0.3 is 15.4 Å². The van der Waals surface area contributed by atoms with Gasteiger partial charge in [0.15, 0.2) is 5.82 Å². The zero-order chi connectivity index (χ0) is 17.6. The molecule has 0 aliphatic heterocycles. The zero-order valence-corrected chi connectivity index (χ0v) is 14.5. The van der Waals surface area contributed by atoms with Crippen molar-refractivity contribution in [2.45, 2.75) is 19.8 Å². The SMILES string of the molecule is COc1cccc(Nc2nncc(Nc3ccc(C(C)C)cc3)n2)c1. The van der Waals surface area contributed by atoms with E-state index in [1.165, 1.54) is 5.56 Å². The van der Waals surface area contributed by atoms with Gasteiger partial charge in [0.05, 0.1) is 13.3 Å². The first-order valence-electron chi connectivity index (χ1n) is 8.12. The fourth-order valence-corrected chi connectivity index (χ4v) is 2.35. The highest BCUT2D eigenvalue weighted by atomic mass is 16.5. The molecule has 2 N–H and O–H groups in total. The third-order valence-corrected chi connectivity index (χ3v) is 3.73. The molecule has 0 spiro atoms. The Bertz CT molecular complexity index is 833. The summed E-state index contributed by atoms with van der Waals surface area (Å²) in [4.78, 5) is 4.44. The Morgan fingerprint density at radius 1 is 0.960 bits per heavy atom. The number of methoxy groups -OCH3 is 1. The summed E-state index contributed by atoms with van der Waals surface area (Å²) in [5, 5.41) is 14.4. The Balaban J connectivity index is 1.72. The molecule has 0 atom stereocenters. The summed E-state index contributed by atoms with van der Waals surface area (Å²) in [6, 6.07) is 15.8. The lowest BCUT2D eigenvalue weighted by molar-refractivity contribution is 0.415. The van der Waals surface area contributed by atoms with Gasteiger partial charge in [0.2, 0.25) is 5.95 Å². The lowest BCUT2D eigenvalue weighted by Crippen LogP contribution is -2.02. The number of hydrogen-bond acceptors (Lipinski definition) is 6. The van der Waals surface area contributed by atoms with Crippen molar-refractivity contribution in [1.82, 2.24) is 15.2 Å². The number of benzene rings is 2. The Morgan fingerprint density at radius 2 is 1.76 bits per heavy atom. The summed E-state index contributed by atoms with van der Waals surface area (Å²) in [6.07, 6.45) is 1.59. The molecule has 0 aliphatic carbocycles. The van der Waals surface area contributed by atoms with Gasteiger partial charge in [0, 0.05) is 17.4 Å². The lowest BCUT2D eigenvalue weighted by atomic mass is 10.0. The van der Waals surface area contributed by atoms with Crippen molar-refractivity contribution >= 4 is 23.1 Å². The molecule has 0 bridgehead atoms. The number of nitrogens with zero attached hydrogens (tertiary/aromatic N) is 3. The van der Waals surface area contributed by atoms with Gasteiger partial charge in [-0.2, -0.15) is 10.1 Å². The van der Waals surface area contributed by atoms with Gasteiger partial charge in [0.1, 0.15) is 5.75 Å². The molecular formula is C19H21N5O. The number of nitrogens with one attached hydrogen (secondary N) is 2. The van der Waals surface area contributed by atoms with E-state index >= 15 is 0 Å². The summed E-state index contributed by atoms with van der Waals surface area (Å²) >= 11 is 0. The predicted molar refractivity (Wildman–Crippen MR) is 99.9 cm³/mol. The summed E-state index contributed by atoms with van der Waals surface area (Å²) in [5.74, 6) is 2.31. The number of ether oxygens (including phenoxy) is 1. The molecule has 0 saturated heterocycles. The lowest BCUT2D eigenvalue weighted by Gasteiger charge is -2.10. The first kappa shape index (κ1) is 16.7. The molecule has 25 heavy (non-hydrogen) atoms. The van der Waals surface area contributed by atoms with Gasteiger partial charge in [-0.05, 0) is 35.7 Å². The van der Waals surface area contributed by atoms with Gasteiger partial charge in [-0.15, -0.1) is 5.10 Å². The molecule has 0 aliphatic rings. The van der Waals surface area contributed by atoms with Crippen LogP contribution in [0.15, 0.2) is 54.7 Å². The maximum absolute atomic E-state index is 5.21. The first-order valence-corrected chi connectivity index (χ1v) is 8.12.